The molecule has 1 aliphatic heterocycles. The molecule has 4 amide bonds. The number of hydrogen-bond donors (Lipinski definition) is 0. The van der Waals surface area contributed by atoms with Crippen LogP contribution in [-0.2, 0) is 9.59 Å². The second-order valence-corrected chi connectivity index (χ2v) is 7.05. The SMILES string of the molecule is [C-]#[N+]c1c(C)sc(C=C2C(=O)N(C)C(=O)N(C)C2=O)c1-c1ccccc1. The van der Waals surface area contributed by atoms with Crippen LogP contribution in [0.2, 0.25) is 0 Å². The normalized spacial score (nSPS) is 14.7. The van der Waals surface area contributed by atoms with E-state index in [2.05, 4.69) is 4.85 Å². The van der Waals surface area contributed by atoms with Crippen LogP contribution in [0, 0.1) is 13.5 Å². The third-order valence-electron chi connectivity index (χ3n) is 4.17. The Hall–Kier alpha value is -3.24. The second kappa shape index (κ2) is 6.58. The van der Waals surface area contributed by atoms with Crippen molar-refractivity contribution in [3.63, 3.8) is 0 Å². The number of nitrogens with zero attached hydrogens (tertiary/aromatic N) is 3. The standard InChI is InChI=1S/C19H15N3O3S/c1-11-16(20-2)15(12-8-6-5-7-9-12)14(26-11)10-13-17(23)21(3)19(25)22(4)18(13)24/h5-10H,1,3-4H3. The van der Waals surface area contributed by atoms with Gasteiger partial charge < -0.3 is 0 Å². The van der Waals surface area contributed by atoms with Crippen LogP contribution in [0.5, 0.6) is 0 Å². The van der Waals surface area contributed by atoms with Crippen molar-refractivity contribution >= 4 is 40.9 Å². The van der Waals surface area contributed by atoms with Gasteiger partial charge in [0, 0.05) is 29.4 Å². The molecule has 1 saturated heterocycles. The topological polar surface area (TPSA) is 62.1 Å². The number of carbonyl (C=O) groups is 3. The van der Waals surface area contributed by atoms with Gasteiger partial charge in [-0.2, -0.15) is 11.3 Å². The molecule has 2 heterocycles. The van der Waals surface area contributed by atoms with Crippen LogP contribution in [0.15, 0.2) is 35.9 Å². The van der Waals surface area contributed by atoms with Crippen LogP contribution in [-0.4, -0.2) is 41.7 Å². The lowest BCUT2D eigenvalue weighted by Gasteiger charge is -2.28. The Morgan fingerprint density at radius 1 is 1.04 bits per heavy atom. The molecule has 0 atom stereocenters. The zero-order chi connectivity index (χ0) is 19.0. The summed E-state index contributed by atoms with van der Waals surface area (Å²) in [6.45, 7) is 9.33. The van der Waals surface area contributed by atoms with Crippen molar-refractivity contribution in [3.05, 3.63) is 57.1 Å². The molecule has 1 aromatic heterocycles. The van der Waals surface area contributed by atoms with E-state index in [4.69, 9.17) is 6.57 Å². The first-order chi connectivity index (χ1) is 12.4. The minimum Gasteiger partial charge on any atom is -0.268 e. The Kier molecular flexibility index (Phi) is 4.45. The average Bonchev–Trinajstić information content (AvgIpc) is 2.97. The minimum atomic E-state index is -0.662. The van der Waals surface area contributed by atoms with Crippen molar-refractivity contribution in [1.82, 2.24) is 9.80 Å². The lowest BCUT2D eigenvalue weighted by molar-refractivity contribution is -0.134. The summed E-state index contributed by atoms with van der Waals surface area (Å²) in [5.41, 5.74) is 1.94. The summed E-state index contributed by atoms with van der Waals surface area (Å²) in [7, 11) is 2.67. The number of urea groups is 1. The van der Waals surface area contributed by atoms with E-state index in [0.29, 0.717) is 16.1 Å². The largest absolute Gasteiger partial charge is 0.333 e. The van der Waals surface area contributed by atoms with Crippen molar-refractivity contribution in [3.8, 4) is 11.1 Å². The van der Waals surface area contributed by atoms with E-state index < -0.39 is 17.8 Å². The van der Waals surface area contributed by atoms with Gasteiger partial charge in [-0.25, -0.2) is 9.64 Å². The van der Waals surface area contributed by atoms with Gasteiger partial charge in [0.15, 0.2) is 0 Å². The van der Waals surface area contributed by atoms with Gasteiger partial charge in [0.25, 0.3) is 11.8 Å². The smallest absolute Gasteiger partial charge is 0.268 e. The quantitative estimate of drug-likeness (QED) is 0.463. The van der Waals surface area contributed by atoms with Crippen LogP contribution < -0.4 is 0 Å². The van der Waals surface area contributed by atoms with Gasteiger partial charge in [-0.15, -0.1) is 0 Å². The van der Waals surface area contributed by atoms with Crippen molar-refractivity contribution in [2.75, 3.05) is 14.1 Å². The summed E-state index contributed by atoms with van der Waals surface area (Å²) in [5, 5.41) is 0. The van der Waals surface area contributed by atoms with Gasteiger partial charge in [0.05, 0.1) is 6.57 Å². The Labute approximate surface area is 154 Å². The zero-order valence-corrected chi connectivity index (χ0v) is 15.3. The highest BCUT2D eigenvalue weighted by Crippen LogP contribution is 2.43. The molecule has 0 unspecified atom stereocenters. The second-order valence-electron chi connectivity index (χ2n) is 5.79. The molecule has 1 fully saturated rings. The Morgan fingerprint density at radius 2 is 1.62 bits per heavy atom. The highest BCUT2D eigenvalue weighted by atomic mass is 32.1. The number of likely N-dealkylation sites (N-methyl/N-ethyl adjacent to an activating group) is 2. The van der Waals surface area contributed by atoms with E-state index in [1.165, 1.54) is 31.5 Å². The molecule has 130 valence electrons. The van der Waals surface area contributed by atoms with Crippen molar-refractivity contribution in [1.29, 1.82) is 0 Å². The monoisotopic (exact) mass is 365 g/mol. The molecule has 0 bridgehead atoms. The molecular formula is C19H15N3O3S. The first kappa shape index (κ1) is 17.6. The number of benzene rings is 1. The average molecular weight is 365 g/mol. The molecule has 0 radical (unpaired) electrons. The molecule has 1 aromatic carbocycles. The van der Waals surface area contributed by atoms with Gasteiger partial charge in [-0.3, -0.25) is 19.4 Å². The van der Waals surface area contributed by atoms with Crippen LogP contribution >= 0.6 is 11.3 Å². The summed E-state index contributed by atoms with van der Waals surface area (Å²) < 4.78 is 0. The Balaban J connectivity index is 2.21. The fourth-order valence-electron chi connectivity index (χ4n) is 2.78. The summed E-state index contributed by atoms with van der Waals surface area (Å²) in [4.78, 5) is 43.7. The number of aryl methyl sites for hydroxylation is 1. The maximum atomic E-state index is 12.4. The van der Waals surface area contributed by atoms with Gasteiger partial charge in [0.1, 0.15) is 5.57 Å². The number of imide groups is 2. The molecule has 0 saturated carbocycles. The zero-order valence-electron chi connectivity index (χ0n) is 14.4. The molecule has 0 spiro atoms. The highest BCUT2D eigenvalue weighted by Gasteiger charge is 2.38. The minimum absolute atomic E-state index is 0.0930. The van der Waals surface area contributed by atoms with Gasteiger partial charge >= 0.3 is 6.03 Å². The summed E-state index contributed by atoms with van der Waals surface area (Å²) >= 11 is 1.34. The summed E-state index contributed by atoms with van der Waals surface area (Å²) in [6, 6.07) is 8.70. The highest BCUT2D eigenvalue weighted by molar-refractivity contribution is 7.14. The predicted molar refractivity (Wildman–Crippen MR) is 99.7 cm³/mol. The molecule has 3 rings (SSSR count). The van der Waals surface area contributed by atoms with E-state index in [1.54, 1.807) is 0 Å². The van der Waals surface area contributed by atoms with Gasteiger partial charge in [0.2, 0.25) is 5.69 Å². The third kappa shape index (κ3) is 2.70. The van der Waals surface area contributed by atoms with Crippen molar-refractivity contribution in [2.24, 2.45) is 0 Å². The summed E-state index contributed by atoms with van der Waals surface area (Å²) in [6.07, 6.45) is 1.48. The van der Waals surface area contributed by atoms with Crippen LogP contribution in [0.4, 0.5) is 10.5 Å². The van der Waals surface area contributed by atoms with Crippen LogP contribution in [0.1, 0.15) is 9.75 Å². The van der Waals surface area contributed by atoms with E-state index >= 15 is 0 Å². The molecule has 2 aromatic rings. The molecule has 1 aliphatic rings. The van der Waals surface area contributed by atoms with Gasteiger partial charge in [-0.05, 0) is 18.6 Å². The first-order valence-electron chi connectivity index (χ1n) is 7.74. The molecular weight excluding hydrogens is 350 g/mol. The number of hydrogen-bond acceptors (Lipinski definition) is 4. The maximum Gasteiger partial charge on any atom is 0.333 e. The molecule has 6 nitrogen and oxygen atoms in total. The summed E-state index contributed by atoms with van der Waals surface area (Å²) in [5.74, 6) is -1.29. The number of barbiturate groups is 1. The van der Waals surface area contributed by atoms with E-state index in [0.717, 1.165) is 20.2 Å². The Bertz CT molecular complexity index is 973. The maximum absolute atomic E-state index is 12.4. The number of thiophene rings is 1. The fraction of sp³-hybridized carbons (Fsp3) is 0.158. The number of carbonyl (C=O) groups excluding carboxylic acids is 3. The van der Waals surface area contributed by atoms with E-state index in [-0.39, 0.29) is 5.57 Å². The van der Waals surface area contributed by atoms with E-state index in [1.807, 2.05) is 37.3 Å². The molecule has 26 heavy (non-hydrogen) atoms. The van der Waals surface area contributed by atoms with Crippen molar-refractivity contribution < 1.29 is 14.4 Å². The Morgan fingerprint density at radius 3 is 2.15 bits per heavy atom. The van der Waals surface area contributed by atoms with Crippen LogP contribution in [0.25, 0.3) is 22.0 Å². The molecule has 7 heteroatoms. The third-order valence-corrected chi connectivity index (χ3v) is 5.21. The molecule has 0 aliphatic carbocycles. The van der Waals surface area contributed by atoms with Crippen LogP contribution in [0.3, 0.4) is 0 Å². The predicted octanol–water partition coefficient (Wildman–Crippen LogP) is 3.71. The van der Waals surface area contributed by atoms with Crippen molar-refractivity contribution in [2.45, 2.75) is 6.92 Å². The van der Waals surface area contributed by atoms with Gasteiger partial charge in [-0.1, -0.05) is 30.3 Å². The first-order valence-corrected chi connectivity index (χ1v) is 8.56. The fourth-order valence-corrected chi connectivity index (χ4v) is 3.85. The lowest BCUT2D eigenvalue weighted by atomic mass is 10.0. The van der Waals surface area contributed by atoms with E-state index in [9.17, 15) is 14.4 Å². The lowest BCUT2D eigenvalue weighted by Crippen LogP contribution is -2.52. The number of rotatable bonds is 2. The molecule has 0 N–H and O–H groups in total. The number of amides is 4.